The van der Waals surface area contributed by atoms with Crippen LogP contribution in [0.5, 0.6) is 0 Å². The van der Waals surface area contributed by atoms with Crippen LogP contribution >= 0.6 is 12.2 Å². The van der Waals surface area contributed by atoms with Gasteiger partial charge in [-0.2, -0.15) is 0 Å². The molecule has 0 spiro atoms. The van der Waals surface area contributed by atoms with Crippen molar-refractivity contribution in [3.63, 3.8) is 0 Å². The molecule has 1 atom stereocenters. The Hall–Kier alpha value is -0.160. The summed E-state index contributed by atoms with van der Waals surface area (Å²) in [4.78, 5) is 0. The Labute approximate surface area is 87.1 Å². The van der Waals surface area contributed by atoms with Gasteiger partial charge in [-0.15, -0.1) is 0 Å². The zero-order valence-corrected chi connectivity index (χ0v) is 9.47. The summed E-state index contributed by atoms with van der Waals surface area (Å²) in [5.74, 6) is 0.749. The maximum atomic E-state index is 10.7. The minimum atomic E-state index is -0.682. The molecule has 0 amide bonds. The SMILES string of the molecule is CS(=O)CCCNC(=S)NC1CC1. The van der Waals surface area contributed by atoms with Crippen LogP contribution in [0.25, 0.3) is 0 Å². The van der Waals surface area contributed by atoms with Crippen molar-refractivity contribution in [1.29, 1.82) is 0 Å². The van der Waals surface area contributed by atoms with E-state index in [1.807, 2.05) is 0 Å². The third kappa shape index (κ3) is 5.99. The van der Waals surface area contributed by atoms with Gasteiger partial charge < -0.3 is 10.6 Å². The first-order valence-electron chi connectivity index (χ1n) is 4.53. The first kappa shape index (κ1) is 10.9. The van der Waals surface area contributed by atoms with Gasteiger partial charge in [0.15, 0.2) is 5.11 Å². The number of rotatable bonds is 5. The Morgan fingerprint density at radius 3 is 2.85 bits per heavy atom. The third-order valence-corrected chi connectivity index (χ3v) is 2.93. The highest BCUT2D eigenvalue weighted by Crippen LogP contribution is 2.18. The fourth-order valence-corrected chi connectivity index (χ4v) is 1.76. The van der Waals surface area contributed by atoms with Crippen molar-refractivity contribution < 1.29 is 4.21 Å². The highest BCUT2D eigenvalue weighted by Gasteiger charge is 2.21. The van der Waals surface area contributed by atoms with E-state index in [0.717, 1.165) is 23.8 Å². The van der Waals surface area contributed by atoms with E-state index in [9.17, 15) is 4.21 Å². The number of nitrogens with one attached hydrogen (secondary N) is 2. The molecule has 0 aromatic rings. The lowest BCUT2D eigenvalue weighted by atomic mass is 10.5. The van der Waals surface area contributed by atoms with Crippen LogP contribution in [0, 0.1) is 0 Å². The molecule has 0 aromatic heterocycles. The number of thiocarbonyl (C=S) groups is 1. The first-order valence-corrected chi connectivity index (χ1v) is 6.66. The van der Waals surface area contributed by atoms with Crippen molar-refractivity contribution in [2.24, 2.45) is 0 Å². The molecule has 0 aromatic carbocycles. The molecular weight excluding hydrogens is 204 g/mol. The van der Waals surface area contributed by atoms with E-state index in [1.54, 1.807) is 6.26 Å². The van der Waals surface area contributed by atoms with Crippen LogP contribution in [-0.4, -0.2) is 33.9 Å². The maximum Gasteiger partial charge on any atom is 0.166 e. The van der Waals surface area contributed by atoms with Crippen LogP contribution in [0.4, 0.5) is 0 Å². The van der Waals surface area contributed by atoms with E-state index in [1.165, 1.54) is 12.8 Å². The summed E-state index contributed by atoms with van der Waals surface area (Å²) < 4.78 is 10.7. The number of hydrogen-bond donors (Lipinski definition) is 2. The van der Waals surface area contributed by atoms with E-state index in [-0.39, 0.29) is 0 Å². The van der Waals surface area contributed by atoms with E-state index in [4.69, 9.17) is 12.2 Å². The van der Waals surface area contributed by atoms with Crippen molar-refractivity contribution in [2.45, 2.75) is 25.3 Å². The standard InChI is InChI=1S/C8H16N2OS2/c1-13(11)6-2-5-9-8(12)10-7-3-4-7/h7H,2-6H2,1H3,(H2,9,10,12). The molecule has 1 aliphatic rings. The molecule has 1 unspecified atom stereocenters. The van der Waals surface area contributed by atoms with Crippen LogP contribution in [0.2, 0.25) is 0 Å². The summed E-state index contributed by atoms with van der Waals surface area (Å²) in [5, 5.41) is 7.02. The molecule has 0 radical (unpaired) electrons. The van der Waals surface area contributed by atoms with Crippen LogP contribution < -0.4 is 10.6 Å². The quantitative estimate of drug-likeness (QED) is 0.519. The highest BCUT2D eigenvalue weighted by atomic mass is 32.2. The third-order valence-electron chi connectivity index (χ3n) is 1.81. The van der Waals surface area contributed by atoms with Crippen molar-refractivity contribution in [3.8, 4) is 0 Å². The van der Waals surface area contributed by atoms with Crippen molar-refractivity contribution in [2.75, 3.05) is 18.6 Å². The molecule has 5 heteroatoms. The summed E-state index contributed by atoms with van der Waals surface area (Å²) in [6.07, 6.45) is 5.11. The minimum Gasteiger partial charge on any atom is -0.363 e. The summed E-state index contributed by atoms with van der Waals surface area (Å²) in [7, 11) is -0.682. The fraction of sp³-hybridized carbons (Fsp3) is 0.875. The molecule has 0 heterocycles. The minimum absolute atomic E-state index is 0.611. The van der Waals surface area contributed by atoms with Crippen LogP contribution in [0.15, 0.2) is 0 Å². The molecule has 1 saturated carbocycles. The van der Waals surface area contributed by atoms with Crippen LogP contribution in [0.3, 0.4) is 0 Å². The second-order valence-corrected chi connectivity index (χ2v) is 5.27. The Kier molecular flexibility index (Phi) is 4.66. The lowest BCUT2D eigenvalue weighted by molar-refractivity contribution is 0.682. The van der Waals surface area contributed by atoms with Gasteiger partial charge in [-0.05, 0) is 31.5 Å². The Morgan fingerprint density at radius 2 is 2.31 bits per heavy atom. The summed E-state index contributed by atoms with van der Waals surface area (Å²) >= 11 is 5.05. The number of hydrogen-bond acceptors (Lipinski definition) is 2. The van der Waals surface area contributed by atoms with E-state index < -0.39 is 10.8 Å². The molecule has 76 valence electrons. The summed E-state index contributed by atoms with van der Waals surface area (Å²) in [5.41, 5.74) is 0. The predicted octanol–water partition coefficient (Wildman–Crippen LogP) is 0.382. The molecule has 1 rings (SSSR count). The van der Waals surface area contributed by atoms with Gasteiger partial charge in [0.25, 0.3) is 0 Å². The molecule has 1 aliphatic carbocycles. The van der Waals surface area contributed by atoms with Crippen molar-refractivity contribution >= 4 is 28.1 Å². The lowest BCUT2D eigenvalue weighted by Gasteiger charge is -2.08. The van der Waals surface area contributed by atoms with Gasteiger partial charge in [0.05, 0.1) is 0 Å². The molecule has 2 N–H and O–H groups in total. The smallest absolute Gasteiger partial charge is 0.166 e. The Morgan fingerprint density at radius 1 is 1.62 bits per heavy atom. The molecule has 0 bridgehead atoms. The molecule has 0 aliphatic heterocycles. The van der Waals surface area contributed by atoms with Crippen LogP contribution in [0.1, 0.15) is 19.3 Å². The second-order valence-electron chi connectivity index (χ2n) is 3.31. The van der Waals surface area contributed by atoms with E-state index >= 15 is 0 Å². The summed E-state index contributed by atoms with van der Waals surface area (Å²) in [6.45, 7) is 0.818. The zero-order valence-electron chi connectivity index (χ0n) is 7.84. The molecular formula is C8H16N2OS2. The predicted molar refractivity (Wildman–Crippen MR) is 60.3 cm³/mol. The first-order chi connectivity index (χ1) is 6.18. The molecule has 1 fully saturated rings. The normalized spacial score (nSPS) is 17.9. The van der Waals surface area contributed by atoms with Gasteiger partial charge in [-0.3, -0.25) is 4.21 Å². The molecule has 0 saturated heterocycles. The largest absolute Gasteiger partial charge is 0.363 e. The summed E-state index contributed by atoms with van der Waals surface area (Å²) in [6, 6.07) is 0.611. The molecule has 3 nitrogen and oxygen atoms in total. The average Bonchev–Trinajstić information content (AvgIpc) is 2.81. The zero-order chi connectivity index (χ0) is 9.68. The molecule has 13 heavy (non-hydrogen) atoms. The topological polar surface area (TPSA) is 41.1 Å². The van der Waals surface area contributed by atoms with Gasteiger partial charge in [-0.1, -0.05) is 0 Å². The van der Waals surface area contributed by atoms with E-state index in [0.29, 0.717) is 6.04 Å². The van der Waals surface area contributed by atoms with Gasteiger partial charge in [0.1, 0.15) is 0 Å². The fourth-order valence-electron chi connectivity index (χ4n) is 0.941. The van der Waals surface area contributed by atoms with Gasteiger partial charge >= 0.3 is 0 Å². The van der Waals surface area contributed by atoms with Gasteiger partial charge in [-0.25, -0.2) is 0 Å². The van der Waals surface area contributed by atoms with Crippen molar-refractivity contribution in [1.82, 2.24) is 10.6 Å². The monoisotopic (exact) mass is 220 g/mol. The van der Waals surface area contributed by atoms with Crippen LogP contribution in [-0.2, 0) is 10.8 Å². The maximum absolute atomic E-state index is 10.7. The lowest BCUT2D eigenvalue weighted by Crippen LogP contribution is -2.37. The Bertz CT molecular complexity index is 204. The van der Waals surface area contributed by atoms with Crippen molar-refractivity contribution in [3.05, 3.63) is 0 Å². The average molecular weight is 220 g/mol. The second kappa shape index (κ2) is 5.54. The van der Waals surface area contributed by atoms with Gasteiger partial charge in [0.2, 0.25) is 0 Å². The van der Waals surface area contributed by atoms with Gasteiger partial charge in [0, 0.05) is 35.4 Å². The van der Waals surface area contributed by atoms with E-state index in [2.05, 4.69) is 10.6 Å². The Balaban J connectivity index is 1.91. The highest BCUT2D eigenvalue weighted by molar-refractivity contribution is 7.84.